The third-order valence-corrected chi connectivity index (χ3v) is 2.27. The number of aryl methyl sites for hydroxylation is 1. The van der Waals surface area contributed by atoms with Gasteiger partial charge in [-0.1, -0.05) is 11.6 Å². The molecule has 1 rings (SSSR count). The van der Waals surface area contributed by atoms with Gasteiger partial charge in [0, 0.05) is 13.6 Å². The van der Waals surface area contributed by atoms with Crippen LogP contribution in [0.25, 0.3) is 0 Å². The van der Waals surface area contributed by atoms with E-state index in [-0.39, 0.29) is 5.91 Å². The highest BCUT2D eigenvalue weighted by atomic mass is 35.5. The van der Waals surface area contributed by atoms with Crippen LogP contribution in [0.3, 0.4) is 0 Å². The largest absolute Gasteiger partial charge is 0.351 e. The Balaban J connectivity index is 3.01. The van der Waals surface area contributed by atoms with Gasteiger partial charge >= 0.3 is 0 Å². The predicted molar refractivity (Wildman–Crippen MR) is 51.0 cm³/mol. The summed E-state index contributed by atoms with van der Waals surface area (Å²) in [4.78, 5) is 11.4. The lowest BCUT2D eigenvalue weighted by atomic mass is 10.3. The number of hydrogen-bond donors (Lipinski definition) is 1. The van der Waals surface area contributed by atoms with Crippen LogP contribution in [0.15, 0.2) is 0 Å². The van der Waals surface area contributed by atoms with Crippen molar-refractivity contribution >= 4 is 17.5 Å². The summed E-state index contributed by atoms with van der Waals surface area (Å²) in [5.41, 5.74) is 1.09. The van der Waals surface area contributed by atoms with Gasteiger partial charge in [-0.3, -0.25) is 9.48 Å². The molecule has 4 nitrogen and oxygen atoms in total. The fraction of sp³-hybridized carbons (Fsp3) is 0.500. The van der Waals surface area contributed by atoms with Crippen molar-refractivity contribution in [3.8, 4) is 0 Å². The molecule has 1 amide bonds. The molecule has 1 aromatic rings. The number of halogens is 1. The van der Waals surface area contributed by atoms with Crippen LogP contribution in [-0.2, 0) is 7.05 Å². The summed E-state index contributed by atoms with van der Waals surface area (Å²) in [7, 11) is 1.75. The molecule has 0 aliphatic rings. The molecule has 0 saturated carbocycles. The van der Waals surface area contributed by atoms with Crippen molar-refractivity contribution < 1.29 is 4.79 Å². The Bertz CT molecular complexity index is 332. The second-order valence-electron chi connectivity index (χ2n) is 2.73. The Kier molecular flexibility index (Phi) is 2.93. The van der Waals surface area contributed by atoms with Gasteiger partial charge in [-0.05, 0) is 13.8 Å². The topological polar surface area (TPSA) is 46.9 Å². The Morgan fingerprint density at radius 3 is 2.69 bits per heavy atom. The number of nitrogens with zero attached hydrogens (tertiary/aromatic N) is 2. The van der Waals surface area contributed by atoms with Crippen LogP contribution in [0.2, 0.25) is 5.02 Å². The molecule has 0 aliphatic heterocycles. The van der Waals surface area contributed by atoms with Gasteiger partial charge in [-0.2, -0.15) is 5.10 Å². The van der Waals surface area contributed by atoms with E-state index in [1.807, 2.05) is 13.8 Å². The molecule has 1 aromatic heterocycles. The fourth-order valence-corrected chi connectivity index (χ4v) is 1.22. The lowest BCUT2D eigenvalue weighted by Crippen LogP contribution is -2.23. The number of carbonyl (C=O) groups excluding carboxylic acids is 1. The smallest absolute Gasteiger partial charge is 0.273 e. The van der Waals surface area contributed by atoms with Crippen LogP contribution >= 0.6 is 11.6 Å². The number of amides is 1. The Morgan fingerprint density at radius 2 is 2.31 bits per heavy atom. The van der Waals surface area contributed by atoms with Gasteiger partial charge in [0.1, 0.15) is 0 Å². The first kappa shape index (κ1) is 10.1. The molecule has 5 heteroatoms. The van der Waals surface area contributed by atoms with Gasteiger partial charge in [-0.15, -0.1) is 0 Å². The van der Waals surface area contributed by atoms with E-state index in [0.29, 0.717) is 17.3 Å². The standard InChI is InChI=1S/C8H12ClN3O/c1-4-10-8(13)7-6(9)5(2)12(3)11-7/h4H2,1-3H3,(H,10,13). The van der Waals surface area contributed by atoms with Crippen LogP contribution in [-0.4, -0.2) is 22.2 Å². The second kappa shape index (κ2) is 3.79. The maximum atomic E-state index is 11.4. The molecule has 0 radical (unpaired) electrons. The van der Waals surface area contributed by atoms with Crippen LogP contribution in [0.5, 0.6) is 0 Å². The van der Waals surface area contributed by atoms with Crippen molar-refractivity contribution in [1.29, 1.82) is 0 Å². The highest BCUT2D eigenvalue weighted by Gasteiger charge is 2.16. The van der Waals surface area contributed by atoms with E-state index >= 15 is 0 Å². The van der Waals surface area contributed by atoms with Crippen molar-refractivity contribution in [3.05, 3.63) is 16.4 Å². The van der Waals surface area contributed by atoms with E-state index in [1.54, 1.807) is 11.7 Å². The zero-order valence-corrected chi connectivity index (χ0v) is 8.64. The first-order valence-corrected chi connectivity index (χ1v) is 4.43. The lowest BCUT2D eigenvalue weighted by molar-refractivity contribution is 0.0950. The first-order valence-electron chi connectivity index (χ1n) is 4.05. The molecule has 72 valence electrons. The number of aromatic nitrogens is 2. The maximum Gasteiger partial charge on any atom is 0.273 e. The monoisotopic (exact) mass is 201 g/mol. The molecule has 0 bridgehead atoms. The Labute approximate surface area is 81.9 Å². The quantitative estimate of drug-likeness (QED) is 0.780. The predicted octanol–water partition coefficient (Wildman–Crippen LogP) is 1.13. The van der Waals surface area contributed by atoms with E-state index in [1.165, 1.54) is 0 Å². The number of rotatable bonds is 2. The van der Waals surface area contributed by atoms with Crippen molar-refractivity contribution in [2.75, 3.05) is 6.54 Å². The number of nitrogens with one attached hydrogen (secondary N) is 1. The third-order valence-electron chi connectivity index (χ3n) is 1.81. The third kappa shape index (κ3) is 1.83. The average molecular weight is 202 g/mol. The summed E-state index contributed by atoms with van der Waals surface area (Å²) in [6.07, 6.45) is 0. The molecule has 13 heavy (non-hydrogen) atoms. The minimum absolute atomic E-state index is 0.226. The molecule has 0 unspecified atom stereocenters. The van der Waals surface area contributed by atoms with Gasteiger partial charge in [0.25, 0.3) is 5.91 Å². The zero-order chi connectivity index (χ0) is 10.0. The number of hydrogen-bond acceptors (Lipinski definition) is 2. The van der Waals surface area contributed by atoms with Crippen molar-refractivity contribution in [2.24, 2.45) is 7.05 Å². The summed E-state index contributed by atoms with van der Waals surface area (Å²) < 4.78 is 1.59. The molecule has 1 heterocycles. The molecule has 1 N–H and O–H groups in total. The van der Waals surface area contributed by atoms with Gasteiger partial charge in [0.2, 0.25) is 0 Å². The molecule has 0 atom stereocenters. The molecule has 0 saturated heterocycles. The first-order chi connectivity index (χ1) is 6.07. The van der Waals surface area contributed by atoms with E-state index in [9.17, 15) is 4.79 Å². The molecule has 0 aromatic carbocycles. The van der Waals surface area contributed by atoms with Crippen LogP contribution in [0, 0.1) is 6.92 Å². The molecular weight excluding hydrogens is 190 g/mol. The minimum atomic E-state index is -0.226. The summed E-state index contributed by atoms with van der Waals surface area (Å²) in [6.45, 7) is 4.24. The fourth-order valence-electron chi connectivity index (χ4n) is 0.972. The highest BCUT2D eigenvalue weighted by Crippen LogP contribution is 2.18. The Hall–Kier alpha value is -1.03. The van der Waals surface area contributed by atoms with Gasteiger partial charge in [0.05, 0.1) is 10.7 Å². The summed E-state index contributed by atoms with van der Waals surface area (Å²) in [5, 5.41) is 7.07. The minimum Gasteiger partial charge on any atom is -0.351 e. The Morgan fingerprint density at radius 1 is 1.69 bits per heavy atom. The second-order valence-corrected chi connectivity index (χ2v) is 3.11. The molecule has 0 fully saturated rings. The lowest BCUT2D eigenvalue weighted by Gasteiger charge is -1.97. The van der Waals surface area contributed by atoms with Crippen LogP contribution in [0.4, 0.5) is 0 Å². The normalized spacial score (nSPS) is 10.2. The van der Waals surface area contributed by atoms with Crippen molar-refractivity contribution in [3.63, 3.8) is 0 Å². The maximum absolute atomic E-state index is 11.4. The summed E-state index contributed by atoms with van der Waals surface area (Å²) in [6, 6.07) is 0. The number of carbonyl (C=O) groups is 1. The summed E-state index contributed by atoms with van der Waals surface area (Å²) >= 11 is 5.90. The van der Waals surface area contributed by atoms with E-state index in [2.05, 4.69) is 10.4 Å². The highest BCUT2D eigenvalue weighted by molar-refractivity contribution is 6.34. The van der Waals surface area contributed by atoms with Crippen LogP contribution < -0.4 is 5.32 Å². The van der Waals surface area contributed by atoms with E-state index < -0.39 is 0 Å². The molecular formula is C8H12ClN3O. The van der Waals surface area contributed by atoms with Crippen molar-refractivity contribution in [2.45, 2.75) is 13.8 Å². The molecule has 0 spiro atoms. The molecule has 0 aliphatic carbocycles. The van der Waals surface area contributed by atoms with Gasteiger partial charge < -0.3 is 5.32 Å². The van der Waals surface area contributed by atoms with Gasteiger partial charge in [0.15, 0.2) is 5.69 Å². The summed E-state index contributed by atoms with van der Waals surface area (Å²) in [5.74, 6) is -0.226. The zero-order valence-electron chi connectivity index (χ0n) is 7.89. The SMILES string of the molecule is CCNC(=O)c1nn(C)c(C)c1Cl. The van der Waals surface area contributed by atoms with Gasteiger partial charge in [-0.25, -0.2) is 0 Å². The van der Waals surface area contributed by atoms with Crippen LogP contribution in [0.1, 0.15) is 23.1 Å². The average Bonchev–Trinajstić information content (AvgIpc) is 2.33. The van der Waals surface area contributed by atoms with E-state index in [0.717, 1.165) is 5.69 Å². The van der Waals surface area contributed by atoms with Crippen molar-refractivity contribution in [1.82, 2.24) is 15.1 Å². The van der Waals surface area contributed by atoms with E-state index in [4.69, 9.17) is 11.6 Å².